The molecule has 11 heteroatoms. The molecule has 170 valence electrons. The van der Waals surface area contributed by atoms with Crippen LogP contribution in [0.25, 0.3) is 0 Å². The van der Waals surface area contributed by atoms with Crippen LogP contribution in [0.5, 0.6) is 5.75 Å². The highest BCUT2D eigenvalue weighted by molar-refractivity contribution is 6.04. The largest absolute Gasteiger partial charge is 0.497 e. The van der Waals surface area contributed by atoms with Crippen molar-refractivity contribution in [2.45, 2.75) is 42.9 Å². The lowest BCUT2D eigenvalue weighted by molar-refractivity contribution is -0.213. The molecule has 1 aliphatic heterocycles. The number of methoxy groups -OCH3 is 1. The van der Waals surface area contributed by atoms with Gasteiger partial charge in [0, 0.05) is 19.2 Å². The van der Waals surface area contributed by atoms with E-state index in [4.69, 9.17) is 9.47 Å². The van der Waals surface area contributed by atoms with E-state index in [-0.39, 0.29) is 23.1 Å². The Labute approximate surface area is 180 Å². The van der Waals surface area contributed by atoms with Gasteiger partial charge >= 0.3 is 6.18 Å². The van der Waals surface area contributed by atoms with Gasteiger partial charge in [0.25, 0.3) is 12.3 Å². The lowest BCUT2D eigenvalue weighted by atomic mass is 9.93. The van der Waals surface area contributed by atoms with E-state index in [1.807, 2.05) is 0 Å². The van der Waals surface area contributed by atoms with Gasteiger partial charge in [0.05, 0.1) is 7.11 Å². The van der Waals surface area contributed by atoms with Gasteiger partial charge in [-0.2, -0.15) is 18.4 Å². The number of ether oxygens (including phenoxy) is 2. The van der Waals surface area contributed by atoms with E-state index < -0.39 is 42.4 Å². The normalized spacial score (nSPS) is 27.6. The number of hydrogen-bond acceptors (Lipinski definition) is 5. The molecule has 0 radical (unpaired) electrons. The lowest BCUT2D eigenvalue weighted by Gasteiger charge is -2.43. The molecule has 6 nitrogen and oxygen atoms in total. The number of nitrogens with zero attached hydrogens (tertiary/aromatic N) is 3. The topological polar surface area (TPSA) is 74.9 Å². The van der Waals surface area contributed by atoms with Crippen LogP contribution < -0.4 is 4.74 Å². The Morgan fingerprint density at radius 2 is 1.97 bits per heavy atom. The van der Waals surface area contributed by atoms with E-state index in [9.17, 15) is 32.0 Å². The minimum absolute atomic E-state index is 0.170. The zero-order valence-electron chi connectivity index (χ0n) is 16.7. The van der Waals surface area contributed by atoms with Crippen LogP contribution in [0, 0.1) is 11.3 Å². The molecule has 1 aromatic carbocycles. The minimum atomic E-state index is -5.02. The molecule has 1 aromatic rings. The van der Waals surface area contributed by atoms with Gasteiger partial charge < -0.3 is 14.4 Å². The summed E-state index contributed by atoms with van der Waals surface area (Å²) < 4.78 is 79.6. The fraction of sp³-hybridized carbons (Fsp3) is 0.381. The Bertz CT molecular complexity index is 984. The first kappa shape index (κ1) is 23.4. The number of allylic oxidation sites excluding steroid dienone is 2. The highest BCUT2D eigenvalue weighted by Crippen LogP contribution is 2.38. The minimum Gasteiger partial charge on any atom is -0.497 e. The lowest BCUT2D eigenvalue weighted by Crippen LogP contribution is -2.66. The molecule has 2 aliphatic rings. The van der Waals surface area contributed by atoms with Gasteiger partial charge in [0.15, 0.2) is 5.60 Å². The first-order valence-corrected chi connectivity index (χ1v) is 9.36. The Kier molecular flexibility index (Phi) is 6.37. The van der Waals surface area contributed by atoms with Crippen LogP contribution in [-0.2, 0) is 16.1 Å². The molecule has 3 rings (SSSR count). The summed E-state index contributed by atoms with van der Waals surface area (Å²) in [6, 6.07) is 7.42. The van der Waals surface area contributed by atoms with Crippen molar-refractivity contribution in [1.29, 1.82) is 5.26 Å². The fourth-order valence-electron chi connectivity index (χ4n) is 3.35. The average Bonchev–Trinajstić information content (AvgIpc) is 2.76. The Morgan fingerprint density at radius 3 is 2.47 bits per heavy atom. The molecule has 0 saturated heterocycles. The molecule has 0 fully saturated rings. The number of carbonyl (C=O) groups is 1. The summed E-state index contributed by atoms with van der Waals surface area (Å²) >= 11 is 0. The summed E-state index contributed by atoms with van der Waals surface area (Å²) in [5.41, 5.74) is -4.91. The first-order chi connectivity index (χ1) is 15.1. The second-order valence-electron chi connectivity index (χ2n) is 7.16. The molecule has 0 spiro atoms. The van der Waals surface area contributed by atoms with Crippen LogP contribution in [0.4, 0.5) is 22.0 Å². The van der Waals surface area contributed by atoms with E-state index in [0.29, 0.717) is 5.75 Å². The van der Waals surface area contributed by atoms with Gasteiger partial charge in [-0.3, -0.25) is 9.79 Å². The SMILES string of the molecule is COc1ccc(CN2C(=O)C(OC3(C#N)C=CC=CC3)(C(F)F)C=NC2C(F)(F)F)cc1. The maximum Gasteiger partial charge on any atom is 0.429 e. The van der Waals surface area contributed by atoms with Gasteiger partial charge in [-0.05, 0) is 23.8 Å². The predicted molar refractivity (Wildman–Crippen MR) is 103 cm³/mol. The quantitative estimate of drug-likeness (QED) is 0.612. The highest BCUT2D eigenvalue weighted by Gasteiger charge is 2.60. The molecule has 0 bridgehead atoms. The molecule has 1 aliphatic carbocycles. The molecular formula is C21H18F5N3O3. The van der Waals surface area contributed by atoms with E-state index >= 15 is 0 Å². The Balaban J connectivity index is 2.03. The summed E-state index contributed by atoms with van der Waals surface area (Å²) in [5.74, 6) is -1.22. The maximum atomic E-state index is 14.2. The van der Waals surface area contributed by atoms with Crippen molar-refractivity contribution in [1.82, 2.24) is 4.90 Å². The first-order valence-electron chi connectivity index (χ1n) is 9.36. The van der Waals surface area contributed by atoms with Crippen LogP contribution in [0.3, 0.4) is 0 Å². The smallest absolute Gasteiger partial charge is 0.429 e. The number of rotatable bonds is 6. The van der Waals surface area contributed by atoms with Crippen molar-refractivity contribution in [3.05, 3.63) is 54.1 Å². The third-order valence-corrected chi connectivity index (χ3v) is 5.00. The molecule has 1 amide bonds. The van der Waals surface area contributed by atoms with Crippen LogP contribution in [0.15, 0.2) is 53.6 Å². The molecule has 0 aromatic heterocycles. The summed E-state index contributed by atoms with van der Waals surface area (Å²) in [6.45, 7) is -0.669. The van der Waals surface area contributed by atoms with Crippen LogP contribution >= 0.6 is 0 Å². The van der Waals surface area contributed by atoms with Gasteiger partial charge in [-0.25, -0.2) is 8.78 Å². The second kappa shape index (κ2) is 8.70. The number of hydrogen-bond donors (Lipinski definition) is 0. The Hall–Kier alpha value is -3.26. The monoisotopic (exact) mass is 455 g/mol. The van der Waals surface area contributed by atoms with Crippen molar-refractivity contribution in [2.75, 3.05) is 7.11 Å². The van der Waals surface area contributed by atoms with Crippen LogP contribution in [0.1, 0.15) is 12.0 Å². The third kappa shape index (κ3) is 4.36. The second-order valence-corrected chi connectivity index (χ2v) is 7.16. The van der Waals surface area contributed by atoms with Gasteiger partial charge in [-0.1, -0.05) is 30.4 Å². The zero-order chi connectivity index (χ0) is 23.6. The van der Waals surface area contributed by atoms with E-state index in [2.05, 4.69) is 4.99 Å². The summed E-state index contributed by atoms with van der Waals surface area (Å²) in [4.78, 5) is 16.6. The number of halogens is 5. The van der Waals surface area contributed by atoms with E-state index in [1.165, 1.54) is 49.6 Å². The number of amides is 1. The standard InChI is InChI=1S/C21H18F5N3O3/c1-31-15-7-5-14(6-8-15)11-29-17(21(24,25)26)28-13-20(16(22)23,18(29)30)32-19(12-27)9-3-2-4-10-19/h2-9,13,16-17H,10-11H2,1H3. The fourth-order valence-corrected chi connectivity index (χ4v) is 3.35. The molecule has 1 heterocycles. The zero-order valence-corrected chi connectivity index (χ0v) is 16.7. The summed E-state index contributed by atoms with van der Waals surface area (Å²) in [5, 5.41) is 9.52. The number of nitriles is 1. The third-order valence-electron chi connectivity index (χ3n) is 5.00. The Morgan fingerprint density at radius 1 is 1.28 bits per heavy atom. The molecule has 0 saturated carbocycles. The maximum absolute atomic E-state index is 14.2. The van der Waals surface area contributed by atoms with Gasteiger partial charge in [0.1, 0.15) is 11.8 Å². The van der Waals surface area contributed by atoms with Gasteiger partial charge in [-0.15, -0.1) is 0 Å². The van der Waals surface area contributed by atoms with Gasteiger partial charge in [0.2, 0.25) is 11.8 Å². The molecule has 3 atom stereocenters. The van der Waals surface area contributed by atoms with E-state index in [0.717, 1.165) is 0 Å². The highest BCUT2D eigenvalue weighted by atomic mass is 19.4. The van der Waals surface area contributed by atoms with Crippen molar-refractivity contribution >= 4 is 12.1 Å². The van der Waals surface area contributed by atoms with Crippen molar-refractivity contribution in [2.24, 2.45) is 4.99 Å². The summed E-state index contributed by atoms with van der Waals surface area (Å²) in [6.07, 6.45) is -5.76. The number of alkyl halides is 5. The number of benzene rings is 1. The van der Waals surface area contributed by atoms with Crippen LogP contribution in [0.2, 0.25) is 0 Å². The number of carbonyl (C=O) groups excluding carboxylic acids is 1. The van der Waals surface area contributed by atoms with E-state index in [1.54, 1.807) is 12.1 Å². The molecular weight excluding hydrogens is 437 g/mol. The molecule has 32 heavy (non-hydrogen) atoms. The summed E-state index contributed by atoms with van der Waals surface area (Å²) in [7, 11) is 1.39. The van der Waals surface area contributed by atoms with Crippen molar-refractivity contribution in [3.63, 3.8) is 0 Å². The molecule has 0 N–H and O–H groups in total. The van der Waals surface area contributed by atoms with Crippen molar-refractivity contribution < 1.29 is 36.2 Å². The van der Waals surface area contributed by atoms with Crippen molar-refractivity contribution in [3.8, 4) is 11.8 Å². The number of aliphatic imine (C=N–C) groups is 1. The average molecular weight is 455 g/mol. The predicted octanol–water partition coefficient (Wildman–Crippen LogP) is 3.80. The molecule has 3 unspecified atom stereocenters. The van der Waals surface area contributed by atoms with Crippen LogP contribution in [-0.4, -0.2) is 54.1 Å².